The monoisotopic (exact) mass is 292 g/mol. The first kappa shape index (κ1) is 14.6. The van der Waals surface area contributed by atoms with Gasteiger partial charge in [0.15, 0.2) is 0 Å². The van der Waals surface area contributed by atoms with Crippen molar-refractivity contribution in [1.29, 1.82) is 0 Å². The molecule has 0 saturated heterocycles. The third-order valence-corrected chi connectivity index (χ3v) is 4.09. The molecule has 0 aliphatic heterocycles. The number of hydrogen-bond donors (Lipinski definition) is 0. The molecule has 1 aliphatic rings. The second kappa shape index (κ2) is 7.08. The zero-order chi connectivity index (χ0) is 15.2. The van der Waals surface area contributed by atoms with Crippen molar-refractivity contribution in [3.8, 4) is 5.75 Å². The van der Waals surface area contributed by atoms with E-state index in [1.807, 2.05) is 36.4 Å². The van der Waals surface area contributed by atoms with E-state index < -0.39 is 0 Å². The summed E-state index contributed by atoms with van der Waals surface area (Å²) in [4.78, 5) is 12.2. The smallest absolute Gasteiger partial charge is 0.314 e. The molecule has 0 spiro atoms. The second-order valence-electron chi connectivity index (χ2n) is 5.72. The van der Waals surface area contributed by atoms with Crippen LogP contribution in [-0.2, 0) is 4.79 Å². The minimum atomic E-state index is -0.0926. The van der Waals surface area contributed by atoms with Crippen LogP contribution in [0.5, 0.6) is 5.75 Å². The number of esters is 1. The lowest BCUT2D eigenvalue weighted by Crippen LogP contribution is -2.23. The van der Waals surface area contributed by atoms with Crippen LogP contribution >= 0.6 is 0 Å². The van der Waals surface area contributed by atoms with Gasteiger partial charge in [-0.2, -0.15) is 0 Å². The summed E-state index contributed by atoms with van der Waals surface area (Å²) in [5.74, 6) is 0.566. The predicted molar refractivity (Wildman–Crippen MR) is 88.5 cm³/mol. The van der Waals surface area contributed by atoms with E-state index in [-0.39, 0.29) is 11.9 Å². The first-order chi connectivity index (χ1) is 10.8. The van der Waals surface area contributed by atoms with Crippen molar-refractivity contribution in [2.24, 2.45) is 5.92 Å². The van der Waals surface area contributed by atoms with Gasteiger partial charge in [-0.05, 0) is 43.4 Å². The largest absolute Gasteiger partial charge is 0.426 e. The number of hydrogen-bond acceptors (Lipinski definition) is 2. The van der Waals surface area contributed by atoms with Crippen molar-refractivity contribution in [3.63, 3.8) is 0 Å². The van der Waals surface area contributed by atoms with Gasteiger partial charge in [0.25, 0.3) is 0 Å². The molecule has 0 aromatic heterocycles. The van der Waals surface area contributed by atoms with Gasteiger partial charge in [0.1, 0.15) is 5.75 Å². The lowest BCUT2D eigenvalue weighted by Gasteiger charge is -2.22. The fraction of sp³-hybridized carbons (Fsp3) is 0.250. The molecule has 0 N–H and O–H groups in total. The highest BCUT2D eigenvalue weighted by Gasteiger charge is 2.24. The van der Waals surface area contributed by atoms with Gasteiger partial charge in [-0.15, -0.1) is 0 Å². The maximum atomic E-state index is 12.2. The van der Waals surface area contributed by atoms with Crippen molar-refractivity contribution < 1.29 is 9.53 Å². The average molecular weight is 292 g/mol. The van der Waals surface area contributed by atoms with Gasteiger partial charge in [-0.1, -0.05) is 60.2 Å². The van der Waals surface area contributed by atoms with Crippen LogP contribution in [0.2, 0.25) is 0 Å². The van der Waals surface area contributed by atoms with Crippen molar-refractivity contribution >= 4 is 12.0 Å². The third-order valence-electron chi connectivity index (χ3n) is 4.09. The summed E-state index contributed by atoms with van der Waals surface area (Å²) in [6, 6.07) is 19.7. The number of allylic oxidation sites excluding steroid dienone is 1. The molecule has 112 valence electrons. The molecule has 2 nitrogen and oxygen atoms in total. The molecule has 2 heteroatoms. The molecule has 0 atom stereocenters. The topological polar surface area (TPSA) is 26.3 Å². The van der Waals surface area contributed by atoms with Crippen LogP contribution in [0.25, 0.3) is 6.08 Å². The molecule has 0 amide bonds. The van der Waals surface area contributed by atoms with Crippen LogP contribution in [0.15, 0.2) is 66.2 Å². The van der Waals surface area contributed by atoms with E-state index in [9.17, 15) is 4.79 Å². The van der Waals surface area contributed by atoms with E-state index >= 15 is 0 Å². The van der Waals surface area contributed by atoms with Crippen LogP contribution in [0, 0.1) is 5.92 Å². The number of carbonyl (C=O) groups excluding carboxylic acids is 1. The Hall–Kier alpha value is -2.35. The van der Waals surface area contributed by atoms with Crippen molar-refractivity contribution in [3.05, 3.63) is 71.8 Å². The quantitative estimate of drug-likeness (QED) is 0.596. The van der Waals surface area contributed by atoms with Gasteiger partial charge in [0, 0.05) is 0 Å². The Kier molecular flexibility index (Phi) is 4.69. The van der Waals surface area contributed by atoms with Crippen molar-refractivity contribution in [2.45, 2.75) is 25.7 Å². The second-order valence-corrected chi connectivity index (χ2v) is 5.72. The Labute approximate surface area is 131 Å². The lowest BCUT2D eigenvalue weighted by atomic mass is 9.85. The highest BCUT2D eigenvalue weighted by atomic mass is 16.5. The van der Waals surface area contributed by atoms with E-state index in [0.717, 1.165) is 25.7 Å². The highest BCUT2D eigenvalue weighted by molar-refractivity contribution is 5.75. The van der Waals surface area contributed by atoms with E-state index in [2.05, 4.69) is 30.3 Å². The zero-order valence-electron chi connectivity index (χ0n) is 12.6. The molecule has 0 bridgehead atoms. The number of para-hydroxylation sites is 1. The SMILES string of the molecule is O=C(Oc1ccccc1)C1CCC(=Cc2ccccc2)CC1. The fourth-order valence-corrected chi connectivity index (χ4v) is 2.84. The summed E-state index contributed by atoms with van der Waals surface area (Å²) >= 11 is 0. The van der Waals surface area contributed by atoms with Crippen molar-refractivity contribution in [1.82, 2.24) is 0 Å². The van der Waals surface area contributed by atoms with Crippen LogP contribution in [0.1, 0.15) is 31.2 Å². The minimum Gasteiger partial charge on any atom is -0.426 e. The molecular formula is C20H20O2. The normalized spacial score (nSPS) is 17.8. The zero-order valence-corrected chi connectivity index (χ0v) is 12.6. The molecule has 0 radical (unpaired) electrons. The summed E-state index contributed by atoms with van der Waals surface area (Å²) in [6.45, 7) is 0. The molecule has 1 aliphatic carbocycles. The number of rotatable bonds is 3. The molecule has 2 aromatic rings. The number of ether oxygens (including phenoxy) is 1. The van der Waals surface area contributed by atoms with Crippen LogP contribution in [0.4, 0.5) is 0 Å². The van der Waals surface area contributed by atoms with E-state index in [4.69, 9.17) is 4.74 Å². The number of benzene rings is 2. The molecule has 2 aromatic carbocycles. The maximum absolute atomic E-state index is 12.2. The van der Waals surface area contributed by atoms with Gasteiger partial charge < -0.3 is 4.74 Å². The molecule has 3 rings (SSSR count). The van der Waals surface area contributed by atoms with Gasteiger partial charge in [0.05, 0.1) is 5.92 Å². The van der Waals surface area contributed by atoms with E-state index in [1.54, 1.807) is 0 Å². The maximum Gasteiger partial charge on any atom is 0.314 e. The summed E-state index contributed by atoms with van der Waals surface area (Å²) in [5, 5.41) is 0. The molecule has 0 unspecified atom stereocenters. The first-order valence-electron chi connectivity index (χ1n) is 7.82. The lowest BCUT2D eigenvalue weighted by molar-refractivity contribution is -0.139. The van der Waals surface area contributed by atoms with E-state index in [1.165, 1.54) is 11.1 Å². The first-order valence-corrected chi connectivity index (χ1v) is 7.82. The Morgan fingerprint density at radius 3 is 2.14 bits per heavy atom. The summed E-state index contributed by atoms with van der Waals surface area (Å²) in [5.41, 5.74) is 2.66. The average Bonchev–Trinajstić information content (AvgIpc) is 2.57. The van der Waals surface area contributed by atoms with Crippen molar-refractivity contribution in [2.75, 3.05) is 0 Å². The minimum absolute atomic E-state index is 0.0214. The molecule has 22 heavy (non-hydrogen) atoms. The van der Waals surface area contributed by atoms with Gasteiger partial charge in [-0.3, -0.25) is 4.79 Å². The Balaban J connectivity index is 1.55. The number of carbonyl (C=O) groups is 1. The van der Waals surface area contributed by atoms with Gasteiger partial charge >= 0.3 is 5.97 Å². The Morgan fingerprint density at radius 2 is 1.50 bits per heavy atom. The molecule has 0 heterocycles. The van der Waals surface area contributed by atoms with Gasteiger partial charge in [-0.25, -0.2) is 0 Å². The summed E-state index contributed by atoms with van der Waals surface area (Å²) in [7, 11) is 0. The van der Waals surface area contributed by atoms with Gasteiger partial charge in [0.2, 0.25) is 0 Å². The summed E-state index contributed by atoms with van der Waals surface area (Å²) in [6.07, 6.45) is 5.96. The van der Waals surface area contributed by atoms with E-state index in [0.29, 0.717) is 5.75 Å². The molecular weight excluding hydrogens is 272 g/mol. The van der Waals surface area contributed by atoms with Crippen LogP contribution < -0.4 is 4.74 Å². The highest BCUT2D eigenvalue weighted by Crippen LogP contribution is 2.30. The molecule has 1 saturated carbocycles. The standard InChI is InChI=1S/C20H20O2/c21-20(22-19-9-5-2-6-10-19)18-13-11-17(12-14-18)15-16-7-3-1-4-8-16/h1-10,15,18H,11-14H2. The fourth-order valence-electron chi connectivity index (χ4n) is 2.84. The van der Waals surface area contributed by atoms with Crippen LogP contribution in [-0.4, -0.2) is 5.97 Å². The third kappa shape index (κ3) is 3.85. The summed E-state index contributed by atoms with van der Waals surface area (Å²) < 4.78 is 5.45. The Bertz CT molecular complexity index is 634. The predicted octanol–water partition coefficient (Wildman–Crippen LogP) is 4.87. The van der Waals surface area contributed by atoms with Crippen LogP contribution in [0.3, 0.4) is 0 Å². The molecule has 1 fully saturated rings. The Morgan fingerprint density at radius 1 is 0.909 bits per heavy atom.